The third-order valence-electron chi connectivity index (χ3n) is 3.36. The van der Waals surface area contributed by atoms with Crippen LogP contribution in [0.25, 0.3) is 0 Å². The predicted molar refractivity (Wildman–Crippen MR) is 86.2 cm³/mol. The van der Waals surface area contributed by atoms with Gasteiger partial charge in [0.05, 0.1) is 12.1 Å². The summed E-state index contributed by atoms with van der Waals surface area (Å²) < 4.78 is 10.8. The number of carbonyl (C=O) groups is 1. The normalized spacial score (nSPS) is 13.6. The molecule has 0 saturated carbocycles. The number of benzene rings is 1. The minimum absolute atomic E-state index is 0.154. The molecule has 0 aromatic heterocycles. The van der Waals surface area contributed by atoms with E-state index in [0.717, 1.165) is 12.8 Å². The lowest BCUT2D eigenvalue weighted by molar-refractivity contribution is -0.139. The van der Waals surface area contributed by atoms with Crippen LogP contribution in [-0.2, 0) is 9.53 Å². The minimum atomic E-state index is -0.822. The molecule has 0 bridgehead atoms. The van der Waals surface area contributed by atoms with Crippen LogP contribution in [0.3, 0.4) is 0 Å². The van der Waals surface area contributed by atoms with Crippen LogP contribution in [0.5, 0.6) is 5.75 Å². The predicted octanol–water partition coefficient (Wildman–Crippen LogP) is 4.27. The highest BCUT2D eigenvalue weighted by Gasteiger charge is 2.33. The first kappa shape index (κ1) is 17.8. The second-order valence-corrected chi connectivity index (χ2v) is 5.48. The second kappa shape index (κ2) is 8.25. The number of anilines is 1. The molecule has 1 rings (SSSR count). The van der Waals surface area contributed by atoms with Gasteiger partial charge in [-0.15, -0.1) is 0 Å². The van der Waals surface area contributed by atoms with Crippen LogP contribution in [-0.4, -0.2) is 25.2 Å². The van der Waals surface area contributed by atoms with Crippen molar-refractivity contribution in [3.05, 3.63) is 23.2 Å². The van der Waals surface area contributed by atoms with Gasteiger partial charge in [0.1, 0.15) is 11.4 Å². The van der Waals surface area contributed by atoms with Gasteiger partial charge in [-0.1, -0.05) is 31.4 Å². The highest BCUT2D eigenvalue weighted by atomic mass is 35.5. The van der Waals surface area contributed by atoms with E-state index in [4.69, 9.17) is 21.1 Å². The molecule has 0 radical (unpaired) electrons. The molecule has 1 amide bonds. The smallest absolute Gasteiger partial charge is 0.256 e. The van der Waals surface area contributed by atoms with Gasteiger partial charge in [-0.25, -0.2) is 0 Å². The van der Waals surface area contributed by atoms with Gasteiger partial charge in [0.15, 0.2) is 0 Å². The molecule has 0 aliphatic rings. The van der Waals surface area contributed by atoms with Gasteiger partial charge in [-0.2, -0.15) is 0 Å². The summed E-state index contributed by atoms with van der Waals surface area (Å²) in [6.07, 6.45) is 2.64. The maximum absolute atomic E-state index is 12.5. The first-order valence-electron chi connectivity index (χ1n) is 7.25. The Balaban J connectivity index is 2.83. The Morgan fingerprint density at radius 3 is 2.62 bits per heavy atom. The zero-order chi connectivity index (χ0) is 15.9. The van der Waals surface area contributed by atoms with Crippen LogP contribution in [0.15, 0.2) is 18.2 Å². The van der Waals surface area contributed by atoms with Crippen LogP contribution < -0.4 is 10.1 Å². The van der Waals surface area contributed by atoms with Crippen LogP contribution in [0, 0.1) is 0 Å². The van der Waals surface area contributed by atoms with E-state index in [1.807, 2.05) is 13.8 Å². The van der Waals surface area contributed by atoms with Gasteiger partial charge in [-0.05, 0) is 38.5 Å². The molecule has 1 aromatic rings. The molecular weight excluding hydrogens is 290 g/mol. The monoisotopic (exact) mass is 313 g/mol. The highest BCUT2D eigenvalue weighted by Crippen LogP contribution is 2.28. The Kier molecular flexibility index (Phi) is 6.99. The number of carbonyl (C=O) groups excluding carboxylic acids is 1. The molecule has 1 N–H and O–H groups in total. The number of rotatable bonds is 8. The Labute approximate surface area is 131 Å². The second-order valence-electron chi connectivity index (χ2n) is 5.07. The zero-order valence-corrected chi connectivity index (χ0v) is 13.9. The van der Waals surface area contributed by atoms with E-state index in [1.54, 1.807) is 25.3 Å². The van der Waals surface area contributed by atoms with Gasteiger partial charge in [0.25, 0.3) is 5.91 Å². The van der Waals surface area contributed by atoms with Gasteiger partial charge >= 0.3 is 0 Å². The standard InChI is InChI=1S/C16H24ClNO3/c1-5-7-10-16(3,21-6-2)15(19)18-12-8-9-14(20-4)13(17)11-12/h8-9,11H,5-7,10H2,1-4H3,(H,18,19)/t16-/m1/s1. The Bertz CT molecular complexity index is 479. The summed E-state index contributed by atoms with van der Waals surface area (Å²) in [5, 5.41) is 3.32. The van der Waals surface area contributed by atoms with E-state index in [0.29, 0.717) is 29.5 Å². The number of nitrogens with one attached hydrogen (secondary N) is 1. The quantitative estimate of drug-likeness (QED) is 0.779. The average Bonchev–Trinajstić information content (AvgIpc) is 2.45. The lowest BCUT2D eigenvalue weighted by atomic mass is 9.97. The highest BCUT2D eigenvalue weighted by molar-refractivity contribution is 6.32. The number of methoxy groups -OCH3 is 1. The molecule has 0 unspecified atom stereocenters. The Morgan fingerprint density at radius 1 is 1.38 bits per heavy atom. The summed E-state index contributed by atoms with van der Waals surface area (Å²) in [7, 11) is 1.55. The van der Waals surface area contributed by atoms with Crippen molar-refractivity contribution in [1.29, 1.82) is 0 Å². The summed E-state index contributed by atoms with van der Waals surface area (Å²) in [4.78, 5) is 12.5. The van der Waals surface area contributed by atoms with Crippen LogP contribution in [0.2, 0.25) is 5.02 Å². The summed E-state index contributed by atoms with van der Waals surface area (Å²) >= 11 is 6.06. The third kappa shape index (κ3) is 4.90. The third-order valence-corrected chi connectivity index (χ3v) is 3.66. The van der Waals surface area contributed by atoms with E-state index < -0.39 is 5.60 Å². The SMILES string of the molecule is CCCC[C@@](C)(OCC)C(=O)Nc1ccc(OC)c(Cl)c1. The molecule has 0 fully saturated rings. The molecule has 21 heavy (non-hydrogen) atoms. The summed E-state index contributed by atoms with van der Waals surface area (Å²) in [5.74, 6) is 0.423. The van der Waals surface area contributed by atoms with Crippen molar-refractivity contribution >= 4 is 23.2 Å². The molecule has 0 heterocycles. The largest absolute Gasteiger partial charge is 0.495 e. The Morgan fingerprint density at radius 2 is 2.10 bits per heavy atom. The van der Waals surface area contributed by atoms with Crippen LogP contribution >= 0.6 is 11.6 Å². The van der Waals surface area contributed by atoms with Gasteiger partial charge in [-0.3, -0.25) is 4.79 Å². The van der Waals surface area contributed by atoms with Gasteiger partial charge in [0.2, 0.25) is 0 Å². The fourth-order valence-corrected chi connectivity index (χ4v) is 2.35. The van der Waals surface area contributed by atoms with Crippen molar-refractivity contribution in [2.75, 3.05) is 19.0 Å². The van der Waals surface area contributed by atoms with Gasteiger partial charge in [0, 0.05) is 12.3 Å². The molecule has 5 heteroatoms. The van der Waals surface area contributed by atoms with Crippen molar-refractivity contribution in [2.24, 2.45) is 0 Å². The first-order valence-corrected chi connectivity index (χ1v) is 7.63. The molecule has 0 saturated heterocycles. The van der Waals surface area contributed by atoms with Gasteiger partial charge < -0.3 is 14.8 Å². The lowest BCUT2D eigenvalue weighted by Gasteiger charge is -2.28. The van der Waals surface area contributed by atoms with Crippen molar-refractivity contribution in [3.63, 3.8) is 0 Å². The maximum atomic E-state index is 12.5. The van der Waals surface area contributed by atoms with Crippen molar-refractivity contribution in [2.45, 2.75) is 45.6 Å². The molecule has 4 nitrogen and oxygen atoms in total. The number of halogens is 1. The van der Waals surface area contributed by atoms with Crippen LogP contribution in [0.1, 0.15) is 40.0 Å². The fourth-order valence-electron chi connectivity index (χ4n) is 2.09. The number of unbranched alkanes of at least 4 members (excludes halogenated alkanes) is 1. The van der Waals surface area contributed by atoms with E-state index in [2.05, 4.69) is 12.2 Å². The molecule has 1 atom stereocenters. The molecule has 0 aliphatic carbocycles. The zero-order valence-electron chi connectivity index (χ0n) is 13.2. The maximum Gasteiger partial charge on any atom is 0.256 e. The van der Waals surface area contributed by atoms with Crippen LogP contribution in [0.4, 0.5) is 5.69 Å². The van der Waals surface area contributed by atoms with Crippen molar-refractivity contribution in [3.8, 4) is 5.75 Å². The minimum Gasteiger partial charge on any atom is -0.495 e. The molecule has 118 valence electrons. The topological polar surface area (TPSA) is 47.6 Å². The summed E-state index contributed by atoms with van der Waals surface area (Å²) in [5.41, 5.74) is -0.190. The van der Waals surface area contributed by atoms with E-state index in [1.165, 1.54) is 0 Å². The lowest BCUT2D eigenvalue weighted by Crippen LogP contribution is -2.42. The molecular formula is C16H24ClNO3. The first-order chi connectivity index (χ1) is 9.96. The number of ether oxygens (including phenoxy) is 2. The average molecular weight is 314 g/mol. The van der Waals surface area contributed by atoms with E-state index in [9.17, 15) is 4.79 Å². The number of hydrogen-bond donors (Lipinski definition) is 1. The molecule has 0 spiro atoms. The van der Waals surface area contributed by atoms with E-state index >= 15 is 0 Å². The summed E-state index contributed by atoms with van der Waals surface area (Å²) in [6, 6.07) is 5.15. The molecule has 1 aromatic carbocycles. The number of amides is 1. The summed E-state index contributed by atoms with van der Waals surface area (Å²) in [6.45, 7) is 6.30. The Hall–Kier alpha value is -1.26. The fraction of sp³-hybridized carbons (Fsp3) is 0.562. The van der Waals surface area contributed by atoms with Crippen molar-refractivity contribution in [1.82, 2.24) is 0 Å². The number of hydrogen-bond acceptors (Lipinski definition) is 3. The van der Waals surface area contributed by atoms with Crippen molar-refractivity contribution < 1.29 is 14.3 Å². The molecule has 0 aliphatic heterocycles. The van der Waals surface area contributed by atoms with E-state index in [-0.39, 0.29) is 5.91 Å².